The van der Waals surface area contributed by atoms with E-state index in [4.69, 9.17) is 14.9 Å². The number of benzene rings is 3. The fourth-order valence-corrected chi connectivity index (χ4v) is 6.00. The molecule has 5 rings (SSSR count). The summed E-state index contributed by atoms with van der Waals surface area (Å²) >= 11 is 4.93. The van der Waals surface area contributed by atoms with Crippen LogP contribution in [0.2, 0.25) is 0 Å². The first-order valence-electron chi connectivity index (χ1n) is 11.9. The minimum atomic E-state index is -0.765. The second kappa shape index (κ2) is 10.1. The van der Waals surface area contributed by atoms with Crippen molar-refractivity contribution in [2.24, 2.45) is 10.2 Å². The van der Waals surface area contributed by atoms with E-state index in [1.165, 1.54) is 22.9 Å². The lowest BCUT2D eigenvalue weighted by Gasteiger charge is -2.46. The van der Waals surface area contributed by atoms with E-state index in [1.54, 1.807) is 6.92 Å². The number of esters is 1. The summed E-state index contributed by atoms with van der Waals surface area (Å²) in [4.78, 5) is 12.1. The van der Waals surface area contributed by atoms with Gasteiger partial charge < -0.3 is 4.74 Å². The predicted molar refractivity (Wildman–Crippen MR) is 152 cm³/mol. The van der Waals surface area contributed by atoms with Crippen molar-refractivity contribution in [3.05, 3.63) is 94.0 Å². The summed E-state index contributed by atoms with van der Waals surface area (Å²) in [6, 6.07) is 24.5. The van der Waals surface area contributed by atoms with Crippen LogP contribution in [0.1, 0.15) is 36.5 Å². The highest BCUT2D eigenvalue weighted by atomic mass is 79.9. The number of halogens is 1. The van der Waals surface area contributed by atoms with E-state index in [0.717, 1.165) is 33.5 Å². The van der Waals surface area contributed by atoms with Crippen molar-refractivity contribution in [3.8, 4) is 0 Å². The van der Waals surface area contributed by atoms with Gasteiger partial charge in [0.15, 0.2) is 0 Å². The van der Waals surface area contributed by atoms with Crippen LogP contribution in [0.4, 0.5) is 11.4 Å². The van der Waals surface area contributed by atoms with E-state index >= 15 is 0 Å². The van der Waals surface area contributed by atoms with Gasteiger partial charge in [-0.2, -0.15) is 10.2 Å². The van der Waals surface area contributed by atoms with Gasteiger partial charge in [-0.15, -0.1) is 0 Å². The topological polar surface area (TPSA) is 57.5 Å². The first kappa shape index (κ1) is 24.6. The first-order valence-corrected chi connectivity index (χ1v) is 13.5. The molecule has 6 nitrogen and oxygen atoms in total. The van der Waals surface area contributed by atoms with Gasteiger partial charge in [0.1, 0.15) is 0 Å². The Bertz CT molecular complexity index is 1340. The van der Waals surface area contributed by atoms with Crippen LogP contribution in [-0.4, -0.2) is 28.3 Å². The Morgan fingerprint density at radius 2 is 1.69 bits per heavy atom. The Kier molecular flexibility index (Phi) is 6.90. The molecule has 0 radical (unpaired) electrons. The maximum atomic E-state index is 12.9. The fraction of sp³-hybridized carbons (Fsp3) is 0.250. The SMILES string of the molecule is CCOC(=O)C1=NN(c2ccc(Br)cc2)[C@]2(CCC(c3cc(C)ccc3C)=NN2c2ccccc2)S1. The van der Waals surface area contributed by atoms with Crippen molar-refractivity contribution >= 4 is 55.8 Å². The number of nitrogens with zero attached hydrogens (tertiary/aromatic N) is 4. The summed E-state index contributed by atoms with van der Waals surface area (Å²) in [6.07, 6.45) is 1.43. The third kappa shape index (κ3) is 4.55. The van der Waals surface area contributed by atoms with Crippen LogP contribution in [0.25, 0.3) is 0 Å². The molecule has 3 aromatic rings. The van der Waals surface area contributed by atoms with Crippen LogP contribution in [-0.2, 0) is 9.53 Å². The Balaban J connectivity index is 1.67. The lowest BCUT2D eigenvalue weighted by atomic mass is 9.96. The largest absolute Gasteiger partial charge is 0.461 e. The number of ether oxygens (including phenoxy) is 1. The van der Waals surface area contributed by atoms with Gasteiger partial charge in [-0.1, -0.05) is 51.8 Å². The first-order chi connectivity index (χ1) is 17.4. The molecule has 0 saturated carbocycles. The van der Waals surface area contributed by atoms with E-state index in [1.807, 2.05) is 64.6 Å². The van der Waals surface area contributed by atoms with Crippen molar-refractivity contribution in [1.29, 1.82) is 0 Å². The highest BCUT2D eigenvalue weighted by Crippen LogP contribution is 2.50. The smallest absolute Gasteiger partial charge is 0.365 e. The van der Waals surface area contributed by atoms with E-state index in [-0.39, 0.29) is 0 Å². The zero-order valence-electron chi connectivity index (χ0n) is 20.4. The van der Waals surface area contributed by atoms with Crippen molar-refractivity contribution < 1.29 is 9.53 Å². The molecule has 0 aliphatic carbocycles. The molecule has 2 aliphatic heterocycles. The van der Waals surface area contributed by atoms with Gasteiger partial charge in [-0.05, 0) is 87.0 Å². The van der Waals surface area contributed by atoms with Gasteiger partial charge in [0.2, 0.25) is 10.0 Å². The molecule has 0 bridgehead atoms. The standard InChI is InChI=1S/C28H27BrN4O2S/c1-4-35-27(34)26-31-33(23-14-12-21(29)13-15-23)28(36-26)17-16-25(24-18-19(2)10-11-20(24)3)30-32(28)22-8-6-5-7-9-22/h5-15,18H,4,16-17H2,1-3H3/t28-/m1/s1. The van der Waals surface area contributed by atoms with Gasteiger partial charge in [0.25, 0.3) is 0 Å². The van der Waals surface area contributed by atoms with Crippen LogP contribution >= 0.6 is 27.7 Å². The van der Waals surface area contributed by atoms with E-state index in [2.05, 4.69) is 48.0 Å². The predicted octanol–water partition coefficient (Wildman–Crippen LogP) is 6.85. The third-order valence-electron chi connectivity index (χ3n) is 6.25. The van der Waals surface area contributed by atoms with Crippen molar-refractivity contribution in [3.63, 3.8) is 0 Å². The molecule has 8 heteroatoms. The number of carbonyl (C=O) groups is 1. The number of rotatable bonds is 5. The Morgan fingerprint density at radius 3 is 2.42 bits per heavy atom. The fourth-order valence-electron chi connectivity index (χ4n) is 4.49. The zero-order valence-corrected chi connectivity index (χ0v) is 22.8. The number of aryl methyl sites for hydroxylation is 2. The molecule has 3 aromatic carbocycles. The quantitative estimate of drug-likeness (QED) is 0.318. The summed E-state index contributed by atoms with van der Waals surface area (Å²) < 4.78 is 6.32. The van der Waals surface area contributed by atoms with E-state index in [9.17, 15) is 4.79 Å². The molecule has 1 spiro atoms. The van der Waals surface area contributed by atoms with Crippen molar-refractivity contribution in [2.45, 2.75) is 38.6 Å². The maximum absolute atomic E-state index is 12.9. The van der Waals surface area contributed by atoms with Crippen molar-refractivity contribution in [1.82, 2.24) is 0 Å². The second-order valence-electron chi connectivity index (χ2n) is 8.77. The minimum absolute atomic E-state index is 0.293. The van der Waals surface area contributed by atoms with Gasteiger partial charge in [-0.3, -0.25) is 0 Å². The van der Waals surface area contributed by atoms with E-state index < -0.39 is 11.0 Å². The highest BCUT2D eigenvalue weighted by molar-refractivity contribution is 9.10. The van der Waals surface area contributed by atoms with Crippen LogP contribution in [0, 0.1) is 13.8 Å². The van der Waals surface area contributed by atoms with Gasteiger partial charge in [0.05, 0.1) is 23.7 Å². The molecule has 1 atom stereocenters. The van der Waals surface area contributed by atoms with Gasteiger partial charge in [-0.25, -0.2) is 14.8 Å². The molecule has 2 aliphatic rings. The average Bonchev–Trinajstić information content (AvgIpc) is 3.27. The molecule has 0 aromatic heterocycles. The van der Waals surface area contributed by atoms with E-state index in [0.29, 0.717) is 18.1 Å². The monoisotopic (exact) mass is 562 g/mol. The molecule has 184 valence electrons. The molecule has 2 heterocycles. The van der Waals surface area contributed by atoms with Crippen LogP contribution in [0.3, 0.4) is 0 Å². The minimum Gasteiger partial charge on any atom is -0.461 e. The second-order valence-corrected chi connectivity index (χ2v) is 10.9. The molecule has 0 amide bonds. The molecular formula is C28H27BrN4O2S. The maximum Gasteiger partial charge on any atom is 0.365 e. The number of hydrazone groups is 2. The lowest BCUT2D eigenvalue weighted by Crippen LogP contribution is -2.56. The number of anilines is 2. The zero-order chi connectivity index (χ0) is 25.3. The summed E-state index contributed by atoms with van der Waals surface area (Å²) in [5.74, 6) is -0.418. The normalized spacial score (nSPS) is 19.3. The average molecular weight is 564 g/mol. The van der Waals surface area contributed by atoms with Gasteiger partial charge >= 0.3 is 5.97 Å². The van der Waals surface area contributed by atoms with Crippen LogP contribution < -0.4 is 10.0 Å². The third-order valence-corrected chi connectivity index (χ3v) is 8.09. The Hall–Kier alpha value is -3.10. The number of para-hydroxylation sites is 1. The molecule has 36 heavy (non-hydrogen) atoms. The highest BCUT2D eigenvalue weighted by Gasteiger charge is 2.53. The molecule has 0 N–H and O–H groups in total. The molecule has 0 unspecified atom stereocenters. The summed E-state index contributed by atoms with van der Waals surface area (Å²) in [6.45, 7) is 6.32. The Labute approximate surface area is 224 Å². The summed E-state index contributed by atoms with van der Waals surface area (Å²) in [5, 5.41) is 14.3. The lowest BCUT2D eigenvalue weighted by molar-refractivity contribution is -0.134. The number of hydrogen-bond donors (Lipinski definition) is 0. The van der Waals surface area contributed by atoms with Crippen molar-refractivity contribution in [2.75, 3.05) is 16.6 Å². The summed E-state index contributed by atoms with van der Waals surface area (Å²) in [5.41, 5.74) is 6.36. The number of thioether (sulfide) groups is 1. The summed E-state index contributed by atoms with van der Waals surface area (Å²) in [7, 11) is 0. The molecular weight excluding hydrogens is 536 g/mol. The van der Waals surface area contributed by atoms with Crippen LogP contribution in [0.5, 0.6) is 0 Å². The number of carbonyl (C=O) groups excluding carboxylic acids is 1. The number of hydrogen-bond acceptors (Lipinski definition) is 7. The Morgan fingerprint density at radius 1 is 1.00 bits per heavy atom. The van der Waals surface area contributed by atoms with Crippen LogP contribution in [0.15, 0.2) is 87.5 Å². The molecule has 0 saturated heterocycles. The molecule has 0 fully saturated rings. The van der Waals surface area contributed by atoms with Gasteiger partial charge in [0, 0.05) is 16.5 Å².